The first-order valence-electron chi connectivity index (χ1n) is 4.08. The molecule has 1 heterocycles. The number of thiophene rings is 1. The van der Waals surface area contributed by atoms with Crippen molar-refractivity contribution >= 4 is 11.3 Å². The first-order chi connectivity index (χ1) is 6.81. The minimum absolute atomic E-state index is 0.214. The molecule has 0 aliphatic carbocycles. The minimum Gasteiger partial charge on any atom is -0.507 e. The number of aromatic hydroxyl groups is 1. The molecule has 0 aliphatic rings. The van der Waals surface area contributed by atoms with E-state index in [9.17, 15) is 5.11 Å². The number of nitrogens with zero attached hydrogens (tertiary/aromatic N) is 1. The topological polar surface area (TPSA) is 44.0 Å². The molecule has 0 aliphatic heterocycles. The van der Waals surface area contributed by atoms with E-state index >= 15 is 0 Å². The van der Waals surface area contributed by atoms with Crippen molar-refractivity contribution < 1.29 is 5.11 Å². The first kappa shape index (κ1) is 8.79. The Balaban J connectivity index is 2.58. The van der Waals surface area contributed by atoms with Crippen LogP contribution in [0.15, 0.2) is 35.7 Å². The quantitative estimate of drug-likeness (QED) is 0.770. The Labute approximate surface area is 85.7 Å². The first-order valence-corrected chi connectivity index (χ1v) is 4.96. The van der Waals surface area contributed by atoms with Gasteiger partial charge < -0.3 is 5.11 Å². The van der Waals surface area contributed by atoms with Crippen LogP contribution in [0.2, 0.25) is 0 Å². The maximum Gasteiger partial charge on any atom is 0.124 e. The molecule has 0 bridgehead atoms. The van der Waals surface area contributed by atoms with Crippen molar-refractivity contribution in [2.45, 2.75) is 0 Å². The average Bonchev–Trinajstić information content (AvgIpc) is 2.71. The van der Waals surface area contributed by atoms with E-state index in [1.807, 2.05) is 17.5 Å². The van der Waals surface area contributed by atoms with Gasteiger partial charge in [0.1, 0.15) is 5.75 Å². The molecule has 0 fully saturated rings. The number of phenols is 1. The normalized spacial score (nSPS) is 9.64. The molecule has 1 aromatic heterocycles. The zero-order valence-corrected chi connectivity index (χ0v) is 8.08. The molecule has 0 unspecified atom stereocenters. The van der Waals surface area contributed by atoms with Crippen molar-refractivity contribution in [1.29, 1.82) is 5.26 Å². The summed E-state index contributed by atoms with van der Waals surface area (Å²) < 4.78 is 0. The summed E-state index contributed by atoms with van der Waals surface area (Å²) in [5.74, 6) is 0.214. The third-order valence-electron chi connectivity index (χ3n) is 1.91. The smallest absolute Gasteiger partial charge is 0.124 e. The van der Waals surface area contributed by atoms with Gasteiger partial charge in [0.25, 0.3) is 0 Å². The molecule has 0 atom stereocenters. The lowest BCUT2D eigenvalue weighted by Gasteiger charge is -2.01. The van der Waals surface area contributed by atoms with Crippen molar-refractivity contribution in [3.63, 3.8) is 0 Å². The zero-order chi connectivity index (χ0) is 9.97. The molecular formula is C11H7NOS. The van der Waals surface area contributed by atoms with E-state index < -0.39 is 0 Å². The van der Waals surface area contributed by atoms with Gasteiger partial charge in [-0.25, -0.2) is 0 Å². The fourth-order valence-corrected chi connectivity index (χ4v) is 1.99. The van der Waals surface area contributed by atoms with E-state index in [-0.39, 0.29) is 5.75 Å². The molecule has 0 saturated carbocycles. The number of phenolic OH excluding ortho intramolecular Hbond substituents is 1. The molecule has 3 heteroatoms. The van der Waals surface area contributed by atoms with E-state index in [4.69, 9.17) is 5.26 Å². The highest BCUT2D eigenvalue weighted by Crippen LogP contribution is 2.32. The van der Waals surface area contributed by atoms with E-state index in [1.54, 1.807) is 18.2 Å². The standard InChI is InChI=1S/C11H7NOS/c12-7-8-3-4-10(13)9(6-8)11-2-1-5-14-11/h1-6,13H. The van der Waals surface area contributed by atoms with Gasteiger partial charge in [-0.15, -0.1) is 11.3 Å². The molecule has 68 valence electrons. The maximum absolute atomic E-state index is 9.60. The fourth-order valence-electron chi connectivity index (χ4n) is 1.23. The molecule has 1 aromatic carbocycles. The Morgan fingerprint density at radius 2 is 2.14 bits per heavy atom. The zero-order valence-electron chi connectivity index (χ0n) is 7.27. The minimum atomic E-state index is 0.214. The lowest BCUT2D eigenvalue weighted by molar-refractivity contribution is 0.477. The maximum atomic E-state index is 9.60. The van der Waals surface area contributed by atoms with E-state index in [0.717, 1.165) is 10.4 Å². The Hall–Kier alpha value is -1.79. The highest BCUT2D eigenvalue weighted by Gasteiger charge is 2.05. The van der Waals surface area contributed by atoms with Crippen molar-refractivity contribution in [3.8, 4) is 22.3 Å². The summed E-state index contributed by atoms with van der Waals surface area (Å²) in [5.41, 5.74) is 1.28. The van der Waals surface area contributed by atoms with Crippen molar-refractivity contribution in [2.75, 3.05) is 0 Å². The average molecular weight is 201 g/mol. The van der Waals surface area contributed by atoms with Gasteiger partial charge in [0.2, 0.25) is 0 Å². The van der Waals surface area contributed by atoms with Gasteiger partial charge in [-0.05, 0) is 29.6 Å². The number of hydrogen-bond donors (Lipinski definition) is 1. The van der Waals surface area contributed by atoms with Gasteiger partial charge >= 0.3 is 0 Å². The summed E-state index contributed by atoms with van der Waals surface area (Å²) in [6, 6.07) is 10.7. The van der Waals surface area contributed by atoms with Gasteiger partial charge in [0.15, 0.2) is 0 Å². The van der Waals surface area contributed by atoms with Crippen LogP contribution in [0.25, 0.3) is 10.4 Å². The third-order valence-corrected chi connectivity index (χ3v) is 2.82. The van der Waals surface area contributed by atoms with E-state index in [2.05, 4.69) is 6.07 Å². The molecule has 2 nitrogen and oxygen atoms in total. The monoisotopic (exact) mass is 201 g/mol. The number of rotatable bonds is 1. The van der Waals surface area contributed by atoms with Crippen LogP contribution in [-0.4, -0.2) is 5.11 Å². The van der Waals surface area contributed by atoms with Crippen LogP contribution in [0.4, 0.5) is 0 Å². The molecule has 1 N–H and O–H groups in total. The molecule has 2 aromatic rings. The van der Waals surface area contributed by atoms with Crippen LogP contribution in [0.3, 0.4) is 0 Å². The lowest BCUT2D eigenvalue weighted by Crippen LogP contribution is -1.78. The SMILES string of the molecule is N#Cc1ccc(O)c(-c2cccs2)c1. The second-order valence-electron chi connectivity index (χ2n) is 2.82. The van der Waals surface area contributed by atoms with Crippen LogP contribution in [-0.2, 0) is 0 Å². The largest absolute Gasteiger partial charge is 0.507 e. The third kappa shape index (κ3) is 1.48. The van der Waals surface area contributed by atoms with Gasteiger partial charge in [-0.2, -0.15) is 5.26 Å². The number of hydrogen-bond acceptors (Lipinski definition) is 3. The van der Waals surface area contributed by atoms with Crippen LogP contribution in [0.5, 0.6) is 5.75 Å². The summed E-state index contributed by atoms with van der Waals surface area (Å²) in [5, 5.41) is 20.3. The summed E-state index contributed by atoms with van der Waals surface area (Å²) in [6.45, 7) is 0. The molecule has 0 spiro atoms. The molecular weight excluding hydrogens is 194 g/mol. The second-order valence-corrected chi connectivity index (χ2v) is 3.77. The molecule has 14 heavy (non-hydrogen) atoms. The van der Waals surface area contributed by atoms with E-state index in [0.29, 0.717) is 5.56 Å². The van der Waals surface area contributed by atoms with Crippen LogP contribution < -0.4 is 0 Å². The molecule has 0 radical (unpaired) electrons. The second kappa shape index (κ2) is 3.52. The number of benzene rings is 1. The summed E-state index contributed by atoms with van der Waals surface area (Å²) in [7, 11) is 0. The van der Waals surface area contributed by atoms with E-state index in [1.165, 1.54) is 11.3 Å². The Kier molecular flexibility index (Phi) is 2.21. The highest BCUT2D eigenvalue weighted by molar-refractivity contribution is 7.13. The lowest BCUT2D eigenvalue weighted by atomic mass is 10.1. The number of nitriles is 1. The molecule has 0 saturated heterocycles. The van der Waals surface area contributed by atoms with Gasteiger partial charge in [0.05, 0.1) is 11.6 Å². The van der Waals surface area contributed by atoms with Gasteiger partial charge in [0, 0.05) is 10.4 Å². The predicted molar refractivity (Wildman–Crippen MR) is 56.1 cm³/mol. The predicted octanol–water partition coefficient (Wildman–Crippen LogP) is 2.99. The van der Waals surface area contributed by atoms with Crippen molar-refractivity contribution in [3.05, 3.63) is 41.3 Å². The Morgan fingerprint density at radius 3 is 2.79 bits per heavy atom. The Morgan fingerprint density at radius 1 is 1.29 bits per heavy atom. The van der Waals surface area contributed by atoms with Crippen LogP contribution in [0, 0.1) is 11.3 Å². The Bertz CT molecular complexity index is 482. The summed E-state index contributed by atoms with van der Waals surface area (Å²) in [6.07, 6.45) is 0. The summed E-state index contributed by atoms with van der Waals surface area (Å²) >= 11 is 1.54. The summed E-state index contributed by atoms with van der Waals surface area (Å²) in [4.78, 5) is 0.972. The van der Waals surface area contributed by atoms with Gasteiger partial charge in [-0.3, -0.25) is 0 Å². The van der Waals surface area contributed by atoms with Crippen molar-refractivity contribution in [1.82, 2.24) is 0 Å². The highest BCUT2D eigenvalue weighted by atomic mass is 32.1. The molecule has 0 amide bonds. The van der Waals surface area contributed by atoms with Crippen LogP contribution in [0.1, 0.15) is 5.56 Å². The fraction of sp³-hybridized carbons (Fsp3) is 0. The molecule has 2 rings (SSSR count). The van der Waals surface area contributed by atoms with Crippen molar-refractivity contribution in [2.24, 2.45) is 0 Å². The van der Waals surface area contributed by atoms with Crippen LogP contribution >= 0.6 is 11.3 Å². The van der Waals surface area contributed by atoms with Gasteiger partial charge in [-0.1, -0.05) is 6.07 Å².